The fraction of sp³-hybridized carbons (Fsp3) is 0.200. The monoisotopic (exact) mass is 295 g/mol. The predicted molar refractivity (Wildman–Crippen MR) is 58.5 cm³/mol. The number of aldehydes is 1. The van der Waals surface area contributed by atoms with Crippen molar-refractivity contribution in [2.75, 3.05) is 5.88 Å². The van der Waals surface area contributed by atoms with Crippen molar-refractivity contribution >= 4 is 29.4 Å². The first kappa shape index (κ1) is 15.1. The Labute approximate surface area is 109 Å². The van der Waals surface area contributed by atoms with E-state index in [0.717, 1.165) is 0 Å². The van der Waals surface area contributed by atoms with Crippen LogP contribution in [0.5, 0.6) is 0 Å². The number of alkyl halides is 4. The maximum Gasteiger partial charge on any atom is 0.417 e. The Balaban J connectivity index is 3.74. The van der Waals surface area contributed by atoms with E-state index < -0.39 is 45.1 Å². The lowest BCUT2D eigenvalue weighted by Crippen LogP contribution is -2.16. The van der Waals surface area contributed by atoms with Gasteiger partial charge in [-0.05, 0) is 6.07 Å². The van der Waals surface area contributed by atoms with Crippen LogP contribution in [0, 0.1) is 10.1 Å². The van der Waals surface area contributed by atoms with Crippen molar-refractivity contribution in [3.63, 3.8) is 0 Å². The van der Waals surface area contributed by atoms with Crippen molar-refractivity contribution in [2.45, 2.75) is 6.18 Å². The molecule has 1 aromatic rings. The number of hydrogen-bond donors (Lipinski definition) is 0. The predicted octanol–water partition coefficient (Wildman–Crippen LogP) is 2.85. The Hall–Kier alpha value is -1.96. The zero-order valence-electron chi connectivity index (χ0n) is 9.03. The molecule has 0 fully saturated rings. The van der Waals surface area contributed by atoms with E-state index in [1.807, 2.05) is 0 Å². The Bertz CT molecular complexity index is 556. The van der Waals surface area contributed by atoms with Gasteiger partial charge < -0.3 is 0 Å². The number of Topliss-reactive ketones (excluding diaryl/α,β-unsaturated/α-hetero) is 1. The zero-order chi connectivity index (χ0) is 14.8. The number of nitro groups is 1. The van der Waals surface area contributed by atoms with Crippen LogP contribution in [-0.2, 0) is 6.18 Å². The van der Waals surface area contributed by atoms with Crippen LogP contribution >= 0.6 is 11.6 Å². The number of benzene rings is 1. The molecule has 0 aliphatic carbocycles. The lowest BCUT2D eigenvalue weighted by Gasteiger charge is -2.12. The molecular weight excluding hydrogens is 291 g/mol. The first-order chi connectivity index (χ1) is 8.73. The van der Waals surface area contributed by atoms with Crippen LogP contribution in [0.1, 0.15) is 26.3 Å². The summed E-state index contributed by atoms with van der Waals surface area (Å²) < 4.78 is 37.9. The Morgan fingerprint density at radius 3 is 2.37 bits per heavy atom. The molecular formula is C10H5ClF3NO4. The first-order valence-corrected chi connectivity index (χ1v) is 5.20. The minimum absolute atomic E-state index is 0.240. The highest BCUT2D eigenvalue weighted by atomic mass is 35.5. The first-order valence-electron chi connectivity index (χ1n) is 4.67. The molecule has 0 amide bonds. The number of hydrogen-bond acceptors (Lipinski definition) is 4. The van der Waals surface area contributed by atoms with E-state index in [9.17, 15) is 32.9 Å². The van der Waals surface area contributed by atoms with Gasteiger partial charge in [0.1, 0.15) is 5.56 Å². The summed E-state index contributed by atoms with van der Waals surface area (Å²) in [6.45, 7) is 0. The number of carbonyl (C=O) groups excluding carboxylic acids is 2. The van der Waals surface area contributed by atoms with E-state index >= 15 is 0 Å². The van der Waals surface area contributed by atoms with Gasteiger partial charge in [0.15, 0.2) is 12.1 Å². The van der Waals surface area contributed by atoms with Crippen LogP contribution in [0.15, 0.2) is 12.1 Å². The molecule has 102 valence electrons. The Morgan fingerprint density at radius 1 is 1.42 bits per heavy atom. The van der Waals surface area contributed by atoms with Crippen molar-refractivity contribution in [1.29, 1.82) is 0 Å². The van der Waals surface area contributed by atoms with Gasteiger partial charge >= 0.3 is 6.18 Å². The Morgan fingerprint density at radius 2 is 2.00 bits per heavy atom. The van der Waals surface area contributed by atoms with E-state index in [2.05, 4.69) is 0 Å². The van der Waals surface area contributed by atoms with Gasteiger partial charge in [-0.3, -0.25) is 19.7 Å². The normalized spacial score (nSPS) is 11.2. The highest BCUT2D eigenvalue weighted by Gasteiger charge is 2.37. The molecule has 0 aromatic heterocycles. The number of ketones is 1. The molecule has 0 bridgehead atoms. The number of nitro benzene ring substituents is 1. The summed E-state index contributed by atoms with van der Waals surface area (Å²) in [5.41, 5.74) is -4.31. The quantitative estimate of drug-likeness (QED) is 0.281. The molecule has 0 spiro atoms. The van der Waals surface area contributed by atoms with E-state index in [0.29, 0.717) is 12.1 Å². The van der Waals surface area contributed by atoms with E-state index in [-0.39, 0.29) is 6.29 Å². The van der Waals surface area contributed by atoms with Crippen LogP contribution in [0.4, 0.5) is 18.9 Å². The van der Waals surface area contributed by atoms with E-state index in [4.69, 9.17) is 11.6 Å². The second-order valence-corrected chi connectivity index (χ2v) is 3.62. The van der Waals surface area contributed by atoms with Gasteiger partial charge in [-0.1, -0.05) is 0 Å². The molecule has 1 aromatic carbocycles. The fourth-order valence-corrected chi connectivity index (χ4v) is 1.62. The van der Waals surface area contributed by atoms with Gasteiger partial charge in [0, 0.05) is 11.6 Å². The maximum absolute atomic E-state index is 12.6. The Kier molecular flexibility index (Phi) is 4.25. The van der Waals surface area contributed by atoms with Gasteiger partial charge in [0.25, 0.3) is 5.69 Å². The van der Waals surface area contributed by atoms with Crippen molar-refractivity contribution in [3.8, 4) is 0 Å². The van der Waals surface area contributed by atoms with Gasteiger partial charge in [0.05, 0.1) is 16.4 Å². The van der Waals surface area contributed by atoms with E-state index in [1.165, 1.54) is 0 Å². The molecule has 5 nitrogen and oxygen atoms in total. The molecule has 0 atom stereocenters. The van der Waals surface area contributed by atoms with Crippen LogP contribution in [0.2, 0.25) is 0 Å². The molecule has 19 heavy (non-hydrogen) atoms. The minimum Gasteiger partial charge on any atom is -0.298 e. The second-order valence-electron chi connectivity index (χ2n) is 3.35. The van der Waals surface area contributed by atoms with Crippen LogP contribution in [-0.4, -0.2) is 22.9 Å². The van der Waals surface area contributed by atoms with Crippen molar-refractivity contribution in [3.05, 3.63) is 38.9 Å². The maximum atomic E-state index is 12.6. The lowest BCUT2D eigenvalue weighted by atomic mass is 9.97. The molecule has 1 rings (SSSR count). The molecule has 0 radical (unpaired) electrons. The minimum atomic E-state index is -4.91. The van der Waals surface area contributed by atoms with Crippen LogP contribution in [0.3, 0.4) is 0 Å². The van der Waals surface area contributed by atoms with Crippen molar-refractivity contribution in [2.24, 2.45) is 0 Å². The van der Waals surface area contributed by atoms with Crippen molar-refractivity contribution in [1.82, 2.24) is 0 Å². The summed E-state index contributed by atoms with van der Waals surface area (Å²) in [7, 11) is 0. The third-order valence-corrected chi connectivity index (χ3v) is 2.49. The summed E-state index contributed by atoms with van der Waals surface area (Å²) in [6.07, 6.45) is -5.15. The van der Waals surface area contributed by atoms with Gasteiger partial charge in [0.2, 0.25) is 0 Å². The third-order valence-electron chi connectivity index (χ3n) is 2.24. The lowest BCUT2D eigenvalue weighted by molar-refractivity contribution is -0.385. The van der Waals surface area contributed by atoms with Crippen molar-refractivity contribution < 1.29 is 27.7 Å². The zero-order valence-corrected chi connectivity index (χ0v) is 9.79. The fourth-order valence-electron chi connectivity index (χ4n) is 1.49. The average Bonchev–Trinajstić information content (AvgIpc) is 2.34. The molecule has 0 saturated carbocycles. The summed E-state index contributed by atoms with van der Waals surface area (Å²) in [4.78, 5) is 31.8. The highest BCUT2D eigenvalue weighted by Crippen LogP contribution is 2.36. The summed E-state index contributed by atoms with van der Waals surface area (Å²) in [5, 5.41) is 10.7. The summed E-state index contributed by atoms with van der Waals surface area (Å²) >= 11 is 5.19. The third kappa shape index (κ3) is 2.90. The molecule has 0 unspecified atom stereocenters. The highest BCUT2D eigenvalue weighted by molar-refractivity contribution is 6.31. The number of rotatable bonds is 4. The second kappa shape index (κ2) is 5.35. The standard InChI is InChI=1S/C10H5ClF3NO4/c11-3-8(17)9-5(4-16)6(10(12,13)14)1-2-7(9)15(18)19/h1-2,4H,3H2. The molecule has 0 N–H and O–H groups in total. The number of carbonyl (C=O) groups is 2. The number of halogens is 4. The molecule has 0 heterocycles. The SMILES string of the molecule is O=Cc1c(C(F)(F)F)ccc([N+](=O)[O-])c1C(=O)CCl. The average molecular weight is 296 g/mol. The number of nitrogens with zero attached hydrogens (tertiary/aromatic N) is 1. The summed E-state index contributed by atoms with van der Waals surface area (Å²) in [5.74, 6) is -1.90. The van der Waals surface area contributed by atoms with Gasteiger partial charge in [-0.15, -0.1) is 11.6 Å². The van der Waals surface area contributed by atoms with Crippen LogP contribution in [0.25, 0.3) is 0 Å². The molecule has 9 heteroatoms. The molecule has 0 aliphatic rings. The molecule has 0 saturated heterocycles. The van der Waals surface area contributed by atoms with E-state index in [1.54, 1.807) is 0 Å². The van der Waals surface area contributed by atoms with Gasteiger partial charge in [-0.2, -0.15) is 13.2 Å². The van der Waals surface area contributed by atoms with Gasteiger partial charge in [-0.25, -0.2) is 0 Å². The summed E-state index contributed by atoms with van der Waals surface area (Å²) in [6, 6.07) is 0.905. The largest absolute Gasteiger partial charge is 0.417 e. The molecule has 0 aliphatic heterocycles. The van der Waals surface area contributed by atoms with Crippen LogP contribution < -0.4 is 0 Å². The topological polar surface area (TPSA) is 77.3 Å². The smallest absolute Gasteiger partial charge is 0.298 e.